The van der Waals surface area contributed by atoms with Crippen molar-refractivity contribution in [3.63, 3.8) is 0 Å². The van der Waals surface area contributed by atoms with E-state index in [4.69, 9.17) is 4.74 Å². The van der Waals surface area contributed by atoms with Gasteiger partial charge in [-0.1, -0.05) is 0 Å². The summed E-state index contributed by atoms with van der Waals surface area (Å²) in [6, 6.07) is 0.863. The second kappa shape index (κ2) is 3.80. The molecule has 3 nitrogen and oxygen atoms in total. The lowest BCUT2D eigenvalue weighted by atomic mass is 10.0. The largest absolute Gasteiger partial charge is 0.381 e. The standard InChI is InChI=1S/C11H20N2O/c1-3-12-4-2-11(1)13-5-9-7-14-8-10(9)6-13/h9-12H,1-8H2/t9-,10-/m1/s1. The number of hydrogen-bond acceptors (Lipinski definition) is 3. The summed E-state index contributed by atoms with van der Waals surface area (Å²) >= 11 is 0. The first kappa shape index (κ1) is 9.13. The lowest BCUT2D eigenvalue weighted by Crippen LogP contribution is -2.42. The molecule has 3 rings (SSSR count). The third kappa shape index (κ3) is 1.58. The van der Waals surface area contributed by atoms with E-state index in [1.807, 2.05) is 0 Å². The highest BCUT2D eigenvalue weighted by Gasteiger charge is 2.39. The van der Waals surface area contributed by atoms with Crippen LogP contribution in [0.25, 0.3) is 0 Å². The van der Waals surface area contributed by atoms with E-state index in [0.717, 1.165) is 31.1 Å². The lowest BCUT2D eigenvalue weighted by Gasteiger charge is -2.31. The summed E-state index contributed by atoms with van der Waals surface area (Å²) in [5.74, 6) is 1.70. The van der Waals surface area contributed by atoms with Crippen molar-refractivity contribution in [1.29, 1.82) is 0 Å². The van der Waals surface area contributed by atoms with Crippen LogP contribution >= 0.6 is 0 Å². The van der Waals surface area contributed by atoms with E-state index in [0.29, 0.717) is 0 Å². The Kier molecular flexibility index (Phi) is 2.48. The quantitative estimate of drug-likeness (QED) is 0.653. The minimum atomic E-state index is 0.852. The van der Waals surface area contributed by atoms with Crippen LogP contribution in [0.15, 0.2) is 0 Å². The Hall–Kier alpha value is -0.120. The summed E-state index contributed by atoms with van der Waals surface area (Å²) in [7, 11) is 0. The third-order valence-electron chi connectivity index (χ3n) is 4.09. The van der Waals surface area contributed by atoms with Crippen LogP contribution in [-0.2, 0) is 4.74 Å². The van der Waals surface area contributed by atoms with Gasteiger partial charge in [0.05, 0.1) is 13.2 Å². The molecule has 3 aliphatic rings. The summed E-state index contributed by atoms with van der Waals surface area (Å²) in [4.78, 5) is 2.72. The number of ether oxygens (including phenoxy) is 1. The smallest absolute Gasteiger partial charge is 0.0510 e. The van der Waals surface area contributed by atoms with Gasteiger partial charge in [0.15, 0.2) is 0 Å². The van der Waals surface area contributed by atoms with Crippen LogP contribution in [0.5, 0.6) is 0 Å². The number of hydrogen-bond donors (Lipinski definition) is 1. The highest BCUT2D eigenvalue weighted by atomic mass is 16.5. The molecule has 3 aliphatic heterocycles. The van der Waals surface area contributed by atoms with Crippen LogP contribution in [0.1, 0.15) is 12.8 Å². The maximum atomic E-state index is 5.51. The molecule has 0 spiro atoms. The molecule has 0 aromatic carbocycles. The van der Waals surface area contributed by atoms with Crippen molar-refractivity contribution in [2.75, 3.05) is 39.4 Å². The van der Waals surface area contributed by atoms with Gasteiger partial charge in [-0.25, -0.2) is 0 Å². The number of fused-ring (bicyclic) bond motifs is 1. The van der Waals surface area contributed by atoms with Crippen molar-refractivity contribution in [2.24, 2.45) is 11.8 Å². The average Bonchev–Trinajstić information content (AvgIpc) is 2.78. The zero-order valence-electron chi connectivity index (χ0n) is 8.74. The molecule has 3 fully saturated rings. The third-order valence-corrected chi connectivity index (χ3v) is 4.09. The molecule has 0 aliphatic carbocycles. The Labute approximate surface area is 85.8 Å². The SMILES string of the molecule is C1CC(N2C[C@@H]3COC[C@H]3C2)CCN1. The van der Waals surface area contributed by atoms with Gasteiger partial charge >= 0.3 is 0 Å². The normalized spacial score (nSPS) is 40.3. The van der Waals surface area contributed by atoms with Crippen LogP contribution in [0.4, 0.5) is 0 Å². The van der Waals surface area contributed by atoms with Crippen LogP contribution in [0.2, 0.25) is 0 Å². The van der Waals surface area contributed by atoms with Crippen LogP contribution in [0, 0.1) is 11.8 Å². The van der Waals surface area contributed by atoms with Crippen molar-refractivity contribution < 1.29 is 4.74 Å². The first-order valence-electron chi connectivity index (χ1n) is 5.96. The molecule has 0 aromatic heterocycles. The maximum absolute atomic E-state index is 5.51. The van der Waals surface area contributed by atoms with Crippen molar-refractivity contribution >= 4 is 0 Å². The highest BCUT2D eigenvalue weighted by molar-refractivity contribution is 4.91. The predicted molar refractivity (Wildman–Crippen MR) is 55.3 cm³/mol. The van der Waals surface area contributed by atoms with Gasteiger partial charge in [-0.2, -0.15) is 0 Å². The van der Waals surface area contributed by atoms with E-state index < -0.39 is 0 Å². The Morgan fingerprint density at radius 2 is 1.64 bits per heavy atom. The molecule has 14 heavy (non-hydrogen) atoms. The fourth-order valence-corrected chi connectivity index (χ4v) is 3.19. The first-order chi connectivity index (χ1) is 6.93. The van der Waals surface area contributed by atoms with E-state index in [2.05, 4.69) is 10.2 Å². The molecule has 3 heteroatoms. The molecular weight excluding hydrogens is 176 g/mol. The molecule has 2 atom stereocenters. The minimum absolute atomic E-state index is 0.852. The van der Waals surface area contributed by atoms with Crippen molar-refractivity contribution in [3.8, 4) is 0 Å². The van der Waals surface area contributed by atoms with Gasteiger partial charge in [-0.15, -0.1) is 0 Å². The molecule has 80 valence electrons. The van der Waals surface area contributed by atoms with Gasteiger partial charge in [0.2, 0.25) is 0 Å². The van der Waals surface area contributed by atoms with Crippen LogP contribution in [-0.4, -0.2) is 50.3 Å². The van der Waals surface area contributed by atoms with E-state index in [1.54, 1.807) is 0 Å². The fraction of sp³-hybridized carbons (Fsp3) is 1.00. The number of nitrogens with zero attached hydrogens (tertiary/aromatic N) is 1. The minimum Gasteiger partial charge on any atom is -0.381 e. The number of rotatable bonds is 1. The Morgan fingerprint density at radius 3 is 2.29 bits per heavy atom. The molecule has 0 radical (unpaired) electrons. The average molecular weight is 196 g/mol. The van der Waals surface area contributed by atoms with Crippen molar-refractivity contribution in [3.05, 3.63) is 0 Å². The Bertz CT molecular complexity index is 191. The molecular formula is C11H20N2O. The Balaban J connectivity index is 1.59. The zero-order chi connectivity index (χ0) is 9.38. The van der Waals surface area contributed by atoms with Gasteiger partial charge in [-0.3, -0.25) is 4.90 Å². The van der Waals surface area contributed by atoms with Crippen LogP contribution in [0.3, 0.4) is 0 Å². The summed E-state index contributed by atoms with van der Waals surface area (Å²) < 4.78 is 5.51. The van der Waals surface area contributed by atoms with Gasteiger partial charge in [0.1, 0.15) is 0 Å². The number of piperidine rings is 1. The van der Waals surface area contributed by atoms with Gasteiger partial charge in [-0.05, 0) is 25.9 Å². The molecule has 3 saturated heterocycles. The molecule has 1 N–H and O–H groups in total. The predicted octanol–water partition coefficient (Wildman–Crippen LogP) is 0.317. The zero-order valence-corrected chi connectivity index (χ0v) is 8.74. The van der Waals surface area contributed by atoms with E-state index in [1.165, 1.54) is 39.0 Å². The summed E-state index contributed by atoms with van der Waals surface area (Å²) in [6.45, 7) is 7.07. The molecule has 0 amide bonds. The summed E-state index contributed by atoms with van der Waals surface area (Å²) in [5, 5.41) is 3.44. The second-order valence-electron chi connectivity index (χ2n) is 4.99. The molecule has 0 aromatic rings. The van der Waals surface area contributed by atoms with Gasteiger partial charge in [0.25, 0.3) is 0 Å². The highest BCUT2D eigenvalue weighted by Crippen LogP contribution is 2.31. The molecule has 0 saturated carbocycles. The van der Waals surface area contributed by atoms with Crippen molar-refractivity contribution in [1.82, 2.24) is 10.2 Å². The topological polar surface area (TPSA) is 24.5 Å². The monoisotopic (exact) mass is 196 g/mol. The maximum Gasteiger partial charge on any atom is 0.0510 e. The summed E-state index contributed by atoms with van der Waals surface area (Å²) in [5.41, 5.74) is 0. The van der Waals surface area contributed by atoms with Crippen molar-refractivity contribution in [2.45, 2.75) is 18.9 Å². The van der Waals surface area contributed by atoms with E-state index >= 15 is 0 Å². The molecule has 0 bridgehead atoms. The van der Waals surface area contributed by atoms with Gasteiger partial charge in [0, 0.05) is 31.0 Å². The second-order valence-corrected chi connectivity index (χ2v) is 4.99. The first-order valence-corrected chi connectivity index (χ1v) is 5.96. The van der Waals surface area contributed by atoms with Gasteiger partial charge < -0.3 is 10.1 Å². The fourth-order valence-electron chi connectivity index (χ4n) is 3.19. The molecule has 3 heterocycles. The molecule has 0 unspecified atom stereocenters. The van der Waals surface area contributed by atoms with Crippen LogP contribution < -0.4 is 5.32 Å². The Morgan fingerprint density at radius 1 is 1.00 bits per heavy atom. The number of nitrogens with one attached hydrogen (secondary N) is 1. The van der Waals surface area contributed by atoms with E-state index in [-0.39, 0.29) is 0 Å². The lowest BCUT2D eigenvalue weighted by molar-refractivity contribution is 0.128. The number of likely N-dealkylation sites (tertiary alicyclic amines) is 1. The van der Waals surface area contributed by atoms with E-state index in [9.17, 15) is 0 Å². The summed E-state index contributed by atoms with van der Waals surface area (Å²) in [6.07, 6.45) is 2.70.